The average molecular weight is 238 g/mol. The summed E-state index contributed by atoms with van der Waals surface area (Å²) in [6, 6.07) is 3.70. The summed E-state index contributed by atoms with van der Waals surface area (Å²) in [7, 11) is 0. The molecule has 1 aromatic heterocycles. The molecule has 1 N–H and O–H groups in total. The molecule has 0 bridgehead atoms. The van der Waals surface area contributed by atoms with Crippen LogP contribution in [-0.4, -0.2) is 29.4 Å². The molecule has 1 saturated heterocycles. The van der Waals surface area contributed by atoms with Crippen LogP contribution in [0.25, 0.3) is 0 Å². The first-order valence-corrected chi connectivity index (χ1v) is 6.30. The van der Waals surface area contributed by atoms with E-state index in [9.17, 15) is 4.79 Å². The number of carbonyl (C=O) groups is 1. The zero-order valence-electron chi connectivity index (χ0n) is 9.05. The van der Waals surface area contributed by atoms with Gasteiger partial charge in [0, 0.05) is 18.1 Å². The third-order valence-corrected chi connectivity index (χ3v) is 3.61. The molecule has 0 spiro atoms. The van der Waals surface area contributed by atoms with Gasteiger partial charge in [-0.1, -0.05) is 6.07 Å². The van der Waals surface area contributed by atoms with Gasteiger partial charge >= 0.3 is 5.97 Å². The standard InChI is InChI=1S/C11H14N2O2S/c1-2-15-11(14)9-7-16-10(13-9)8-4-3-5-12-6-8/h3-6,9-10,13H,2,7H2,1H3. The van der Waals surface area contributed by atoms with E-state index in [1.54, 1.807) is 18.0 Å². The second kappa shape index (κ2) is 5.32. The van der Waals surface area contributed by atoms with Crippen LogP contribution in [0.15, 0.2) is 24.5 Å². The van der Waals surface area contributed by atoms with E-state index >= 15 is 0 Å². The van der Waals surface area contributed by atoms with Crippen molar-refractivity contribution >= 4 is 17.7 Å². The Kier molecular flexibility index (Phi) is 3.79. The Morgan fingerprint density at radius 1 is 1.75 bits per heavy atom. The molecular weight excluding hydrogens is 224 g/mol. The van der Waals surface area contributed by atoms with E-state index in [0.717, 1.165) is 11.3 Å². The largest absolute Gasteiger partial charge is 0.465 e. The summed E-state index contributed by atoms with van der Waals surface area (Å²) >= 11 is 1.71. The lowest BCUT2D eigenvalue weighted by Crippen LogP contribution is -2.35. The van der Waals surface area contributed by atoms with Crippen LogP contribution in [0.2, 0.25) is 0 Å². The minimum absolute atomic E-state index is 0.142. The van der Waals surface area contributed by atoms with Crippen LogP contribution in [0, 0.1) is 0 Å². The van der Waals surface area contributed by atoms with Crippen molar-refractivity contribution < 1.29 is 9.53 Å². The van der Waals surface area contributed by atoms with E-state index in [0.29, 0.717) is 6.61 Å². The number of esters is 1. The normalized spacial score (nSPS) is 24.3. The predicted octanol–water partition coefficient (Wildman–Crippen LogP) is 1.35. The molecule has 16 heavy (non-hydrogen) atoms. The smallest absolute Gasteiger partial charge is 0.324 e. The zero-order valence-corrected chi connectivity index (χ0v) is 9.87. The summed E-state index contributed by atoms with van der Waals surface area (Å²) in [6.45, 7) is 2.25. The number of nitrogens with one attached hydrogen (secondary N) is 1. The first-order chi connectivity index (χ1) is 7.81. The number of nitrogens with zero attached hydrogens (tertiary/aromatic N) is 1. The van der Waals surface area contributed by atoms with Crippen molar-refractivity contribution in [2.24, 2.45) is 0 Å². The number of ether oxygens (including phenoxy) is 1. The molecule has 0 aromatic carbocycles. The lowest BCUT2D eigenvalue weighted by Gasteiger charge is -2.12. The predicted molar refractivity (Wildman–Crippen MR) is 63.0 cm³/mol. The highest BCUT2D eigenvalue weighted by Crippen LogP contribution is 2.32. The van der Waals surface area contributed by atoms with Crippen molar-refractivity contribution in [1.82, 2.24) is 10.3 Å². The minimum atomic E-state index is -0.199. The van der Waals surface area contributed by atoms with Crippen molar-refractivity contribution in [3.05, 3.63) is 30.1 Å². The topological polar surface area (TPSA) is 51.2 Å². The van der Waals surface area contributed by atoms with Gasteiger partial charge in [0.1, 0.15) is 6.04 Å². The molecule has 1 aromatic rings. The van der Waals surface area contributed by atoms with Gasteiger partial charge in [-0.05, 0) is 18.6 Å². The highest BCUT2D eigenvalue weighted by Gasteiger charge is 2.31. The van der Waals surface area contributed by atoms with Crippen molar-refractivity contribution in [2.45, 2.75) is 18.3 Å². The Bertz CT molecular complexity index is 358. The lowest BCUT2D eigenvalue weighted by atomic mass is 10.2. The number of thioether (sulfide) groups is 1. The van der Waals surface area contributed by atoms with Crippen molar-refractivity contribution in [3.63, 3.8) is 0 Å². The molecule has 4 nitrogen and oxygen atoms in total. The first-order valence-electron chi connectivity index (χ1n) is 5.25. The fourth-order valence-electron chi connectivity index (χ4n) is 1.57. The van der Waals surface area contributed by atoms with Crippen LogP contribution >= 0.6 is 11.8 Å². The van der Waals surface area contributed by atoms with Crippen LogP contribution in [0.3, 0.4) is 0 Å². The Balaban J connectivity index is 1.96. The number of rotatable bonds is 3. The summed E-state index contributed by atoms with van der Waals surface area (Å²) in [5, 5.41) is 3.38. The Hall–Kier alpha value is -1.07. The molecule has 0 aliphatic carbocycles. The molecule has 0 saturated carbocycles. The van der Waals surface area contributed by atoms with Gasteiger partial charge in [-0.25, -0.2) is 0 Å². The lowest BCUT2D eigenvalue weighted by molar-refractivity contribution is -0.144. The zero-order chi connectivity index (χ0) is 11.4. The molecule has 5 heteroatoms. The quantitative estimate of drug-likeness (QED) is 0.806. The van der Waals surface area contributed by atoms with Gasteiger partial charge in [-0.2, -0.15) is 0 Å². The molecule has 2 rings (SSSR count). The minimum Gasteiger partial charge on any atom is -0.465 e. The summed E-state index contributed by atoms with van der Waals surface area (Å²) in [4.78, 5) is 15.6. The molecule has 2 unspecified atom stereocenters. The van der Waals surface area contributed by atoms with E-state index in [4.69, 9.17) is 4.74 Å². The van der Waals surface area contributed by atoms with Crippen LogP contribution in [0.4, 0.5) is 0 Å². The molecule has 1 aliphatic heterocycles. The van der Waals surface area contributed by atoms with Crippen molar-refractivity contribution in [3.8, 4) is 0 Å². The van der Waals surface area contributed by atoms with Crippen LogP contribution < -0.4 is 5.32 Å². The van der Waals surface area contributed by atoms with Crippen LogP contribution in [0.5, 0.6) is 0 Å². The molecule has 2 atom stereocenters. The van der Waals surface area contributed by atoms with E-state index < -0.39 is 0 Å². The third-order valence-electron chi connectivity index (χ3n) is 2.34. The summed E-state index contributed by atoms with van der Waals surface area (Å²) in [5.41, 5.74) is 1.10. The Labute approximate surface area is 98.8 Å². The van der Waals surface area contributed by atoms with Gasteiger partial charge in [0.2, 0.25) is 0 Å². The van der Waals surface area contributed by atoms with Gasteiger partial charge < -0.3 is 4.74 Å². The number of carbonyl (C=O) groups excluding carboxylic acids is 1. The molecule has 2 heterocycles. The van der Waals surface area contributed by atoms with Crippen molar-refractivity contribution in [1.29, 1.82) is 0 Å². The molecular formula is C11H14N2O2S. The molecule has 1 fully saturated rings. The summed E-state index contributed by atoms with van der Waals surface area (Å²) in [5.74, 6) is 0.583. The first kappa shape index (κ1) is 11.4. The second-order valence-corrected chi connectivity index (χ2v) is 4.61. The van der Waals surface area contributed by atoms with Gasteiger partial charge in [-0.15, -0.1) is 11.8 Å². The van der Waals surface area contributed by atoms with Crippen LogP contribution in [0.1, 0.15) is 17.9 Å². The number of pyridine rings is 1. The molecule has 1 aliphatic rings. The Morgan fingerprint density at radius 3 is 3.31 bits per heavy atom. The monoisotopic (exact) mass is 238 g/mol. The van der Waals surface area contributed by atoms with Gasteiger partial charge in [0.25, 0.3) is 0 Å². The van der Waals surface area contributed by atoms with Gasteiger partial charge in [0.05, 0.1) is 12.0 Å². The molecule has 0 radical (unpaired) electrons. The van der Waals surface area contributed by atoms with E-state index in [1.807, 2.05) is 25.3 Å². The maximum absolute atomic E-state index is 11.5. The summed E-state index contributed by atoms with van der Waals surface area (Å²) < 4.78 is 4.98. The van der Waals surface area contributed by atoms with E-state index in [1.165, 1.54) is 0 Å². The number of aromatic nitrogens is 1. The fourth-order valence-corrected chi connectivity index (χ4v) is 2.78. The average Bonchev–Trinajstić information content (AvgIpc) is 2.80. The highest BCUT2D eigenvalue weighted by molar-refractivity contribution is 7.99. The fraction of sp³-hybridized carbons (Fsp3) is 0.455. The van der Waals surface area contributed by atoms with Crippen molar-refractivity contribution in [2.75, 3.05) is 12.4 Å². The SMILES string of the molecule is CCOC(=O)C1CSC(c2cccnc2)N1. The maximum Gasteiger partial charge on any atom is 0.324 e. The number of hydrogen-bond acceptors (Lipinski definition) is 5. The van der Waals surface area contributed by atoms with E-state index in [-0.39, 0.29) is 17.4 Å². The summed E-state index contributed by atoms with van der Waals surface area (Å²) in [6.07, 6.45) is 3.56. The third kappa shape index (κ3) is 2.54. The second-order valence-electron chi connectivity index (χ2n) is 3.47. The Morgan fingerprint density at radius 2 is 2.62 bits per heavy atom. The number of hydrogen-bond donors (Lipinski definition) is 1. The maximum atomic E-state index is 11.5. The van der Waals surface area contributed by atoms with Gasteiger partial charge in [-0.3, -0.25) is 15.1 Å². The van der Waals surface area contributed by atoms with Crippen LogP contribution in [-0.2, 0) is 9.53 Å². The molecule has 0 amide bonds. The van der Waals surface area contributed by atoms with Gasteiger partial charge in [0.15, 0.2) is 0 Å². The molecule has 86 valence electrons. The highest BCUT2D eigenvalue weighted by atomic mass is 32.2. The van der Waals surface area contributed by atoms with E-state index in [2.05, 4.69) is 10.3 Å².